The monoisotopic (exact) mass is 356 g/mol. The molecular formula is C19H20N2O5. The predicted molar refractivity (Wildman–Crippen MR) is 97.3 cm³/mol. The van der Waals surface area contributed by atoms with E-state index in [4.69, 9.17) is 9.47 Å². The Balaban J connectivity index is 2.08. The van der Waals surface area contributed by atoms with E-state index in [9.17, 15) is 14.9 Å². The van der Waals surface area contributed by atoms with E-state index >= 15 is 0 Å². The predicted octanol–water partition coefficient (Wildman–Crippen LogP) is 3.03. The fourth-order valence-corrected chi connectivity index (χ4v) is 2.35. The van der Waals surface area contributed by atoms with Gasteiger partial charge in [0.05, 0.1) is 12.0 Å². The molecule has 0 radical (unpaired) electrons. The molecule has 2 aromatic rings. The van der Waals surface area contributed by atoms with Crippen molar-refractivity contribution >= 4 is 11.6 Å². The van der Waals surface area contributed by atoms with Gasteiger partial charge in [-0.15, -0.1) is 6.58 Å². The van der Waals surface area contributed by atoms with Crippen molar-refractivity contribution < 1.29 is 19.2 Å². The Kier molecular flexibility index (Phi) is 6.73. The minimum Gasteiger partial charge on any atom is -0.493 e. The topological polar surface area (TPSA) is 90.7 Å². The molecule has 7 heteroatoms. The van der Waals surface area contributed by atoms with Crippen LogP contribution in [0.1, 0.15) is 11.1 Å². The van der Waals surface area contributed by atoms with Gasteiger partial charge in [0.1, 0.15) is 0 Å². The van der Waals surface area contributed by atoms with Crippen molar-refractivity contribution in [2.45, 2.75) is 13.0 Å². The van der Waals surface area contributed by atoms with Crippen molar-refractivity contribution in [1.29, 1.82) is 0 Å². The van der Waals surface area contributed by atoms with E-state index in [0.717, 1.165) is 5.56 Å². The van der Waals surface area contributed by atoms with Crippen molar-refractivity contribution in [3.8, 4) is 11.5 Å². The van der Waals surface area contributed by atoms with E-state index in [1.807, 2.05) is 30.3 Å². The molecule has 0 fully saturated rings. The molecule has 0 saturated carbocycles. The summed E-state index contributed by atoms with van der Waals surface area (Å²) in [6.07, 6.45) is 2.09. The molecule has 2 rings (SSSR count). The maximum Gasteiger partial charge on any atom is 0.315 e. The number of hydrogen-bond donors (Lipinski definition) is 1. The lowest BCUT2D eigenvalue weighted by Gasteiger charge is -2.12. The van der Waals surface area contributed by atoms with Crippen LogP contribution in [-0.2, 0) is 17.8 Å². The van der Waals surface area contributed by atoms with E-state index in [1.165, 1.54) is 13.2 Å². The van der Waals surface area contributed by atoms with Crippen molar-refractivity contribution in [3.63, 3.8) is 0 Å². The number of carbonyl (C=O) groups is 1. The Morgan fingerprint density at radius 3 is 2.62 bits per heavy atom. The molecule has 0 aliphatic carbocycles. The molecule has 0 saturated heterocycles. The SMILES string of the molecule is C=CCc1cc(OC)c(OCC(=O)NCc2ccccc2)c([N+](=O)[O-])c1. The Hall–Kier alpha value is -3.35. The Morgan fingerprint density at radius 1 is 1.27 bits per heavy atom. The van der Waals surface area contributed by atoms with E-state index in [2.05, 4.69) is 11.9 Å². The van der Waals surface area contributed by atoms with Crippen LogP contribution < -0.4 is 14.8 Å². The minimum absolute atomic E-state index is 0.0693. The first-order chi connectivity index (χ1) is 12.5. The maximum absolute atomic E-state index is 12.0. The lowest BCUT2D eigenvalue weighted by Crippen LogP contribution is -2.28. The summed E-state index contributed by atoms with van der Waals surface area (Å²) in [6, 6.07) is 12.4. The summed E-state index contributed by atoms with van der Waals surface area (Å²) in [5, 5.41) is 14.0. The van der Waals surface area contributed by atoms with Crippen LogP contribution in [0, 0.1) is 10.1 Å². The van der Waals surface area contributed by atoms with Gasteiger partial charge in [0.2, 0.25) is 5.75 Å². The number of benzene rings is 2. The number of nitrogens with zero attached hydrogens (tertiary/aromatic N) is 1. The van der Waals surface area contributed by atoms with E-state index in [0.29, 0.717) is 18.5 Å². The number of rotatable bonds is 9. The zero-order valence-corrected chi connectivity index (χ0v) is 14.4. The number of nitrogens with one attached hydrogen (secondary N) is 1. The molecule has 1 amide bonds. The maximum atomic E-state index is 12.0. The third-order valence-corrected chi connectivity index (χ3v) is 3.57. The van der Waals surface area contributed by atoms with Gasteiger partial charge in [-0.25, -0.2) is 0 Å². The van der Waals surface area contributed by atoms with E-state index < -0.39 is 4.92 Å². The van der Waals surface area contributed by atoms with Gasteiger partial charge >= 0.3 is 5.69 Å². The second kappa shape index (κ2) is 9.22. The number of amides is 1. The van der Waals surface area contributed by atoms with Crippen LogP contribution in [0.4, 0.5) is 5.69 Å². The highest BCUT2D eigenvalue weighted by Gasteiger charge is 2.23. The molecule has 7 nitrogen and oxygen atoms in total. The highest BCUT2D eigenvalue weighted by atomic mass is 16.6. The van der Waals surface area contributed by atoms with E-state index in [-0.39, 0.29) is 29.7 Å². The molecule has 0 atom stereocenters. The molecule has 2 aromatic carbocycles. The van der Waals surface area contributed by atoms with Gasteiger partial charge in [-0.1, -0.05) is 36.4 Å². The van der Waals surface area contributed by atoms with Gasteiger partial charge < -0.3 is 14.8 Å². The lowest BCUT2D eigenvalue weighted by molar-refractivity contribution is -0.385. The largest absolute Gasteiger partial charge is 0.493 e. The Labute approximate surface area is 151 Å². The average Bonchev–Trinajstić information content (AvgIpc) is 2.65. The van der Waals surface area contributed by atoms with Crippen molar-refractivity contribution in [3.05, 3.63) is 76.4 Å². The molecule has 0 bridgehead atoms. The van der Waals surface area contributed by atoms with Crippen LogP contribution in [0.3, 0.4) is 0 Å². The molecule has 136 valence electrons. The van der Waals surface area contributed by atoms with Gasteiger partial charge in [0, 0.05) is 12.6 Å². The quantitative estimate of drug-likeness (QED) is 0.424. The number of ether oxygens (including phenoxy) is 2. The summed E-state index contributed by atoms with van der Waals surface area (Å²) in [7, 11) is 1.39. The van der Waals surface area contributed by atoms with Gasteiger partial charge in [0.15, 0.2) is 12.4 Å². The first-order valence-corrected chi connectivity index (χ1v) is 7.94. The first kappa shape index (κ1) is 19.0. The van der Waals surface area contributed by atoms with E-state index in [1.54, 1.807) is 12.1 Å². The van der Waals surface area contributed by atoms with Crippen LogP contribution in [0.5, 0.6) is 11.5 Å². The average molecular weight is 356 g/mol. The van der Waals surface area contributed by atoms with Crippen LogP contribution in [0.25, 0.3) is 0 Å². The highest BCUT2D eigenvalue weighted by Crippen LogP contribution is 2.38. The number of allylic oxidation sites excluding steroid dienone is 1. The van der Waals surface area contributed by atoms with Crippen LogP contribution in [0.2, 0.25) is 0 Å². The number of nitro groups is 1. The summed E-state index contributed by atoms with van der Waals surface area (Å²) < 4.78 is 10.6. The molecule has 0 aromatic heterocycles. The van der Waals surface area contributed by atoms with Gasteiger partial charge in [-0.2, -0.15) is 0 Å². The van der Waals surface area contributed by atoms with Gasteiger partial charge in [0.25, 0.3) is 5.91 Å². The number of carbonyl (C=O) groups excluding carboxylic acids is 1. The van der Waals surface area contributed by atoms with Gasteiger partial charge in [-0.3, -0.25) is 14.9 Å². The first-order valence-electron chi connectivity index (χ1n) is 7.94. The normalized spacial score (nSPS) is 10.0. The Bertz CT molecular complexity index is 790. The smallest absolute Gasteiger partial charge is 0.315 e. The second-order valence-corrected chi connectivity index (χ2v) is 5.45. The second-order valence-electron chi connectivity index (χ2n) is 5.45. The summed E-state index contributed by atoms with van der Waals surface area (Å²) >= 11 is 0. The summed E-state index contributed by atoms with van der Waals surface area (Å²) in [4.78, 5) is 22.8. The molecule has 26 heavy (non-hydrogen) atoms. The van der Waals surface area contributed by atoms with Crippen LogP contribution in [-0.4, -0.2) is 24.5 Å². The number of hydrogen-bond acceptors (Lipinski definition) is 5. The fraction of sp³-hybridized carbons (Fsp3) is 0.211. The zero-order chi connectivity index (χ0) is 18.9. The summed E-state index contributed by atoms with van der Waals surface area (Å²) in [5.41, 5.74) is 1.36. The van der Waals surface area contributed by atoms with Crippen molar-refractivity contribution in [1.82, 2.24) is 5.32 Å². The van der Waals surface area contributed by atoms with Gasteiger partial charge in [-0.05, 0) is 23.6 Å². The van der Waals surface area contributed by atoms with Crippen molar-refractivity contribution in [2.75, 3.05) is 13.7 Å². The summed E-state index contributed by atoms with van der Waals surface area (Å²) in [5.74, 6) is -0.257. The third-order valence-electron chi connectivity index (χ3n) is 3.57. The minimum atomic E-state index is -0.563. The molecule has 0 heterocycles. The molecule has 0 aliphatic rings. The summed E-state index contributed by atoms with van der Waals surface area (Å²) in [6.45, 7) is 3.61. The molecular weight excluding hydrogens is 336 g/mol. The molecule has 0 unspecified atom stereocenters. The fourth-order valence-electron chi connectivity index (χ4n) is 2.35. The zero-order valence-electron chi connectivity index (χ0n) is 14.4. The standard InChI is InChI=1S/C19H20N2O5/c1-3-7-15-10-16(21(23)24)19(17(11-15)25-2)26-13-18(22)20-12-14-8-5-4-6-9-14/h3-6,8-11H,1,7,12-13H2,2H3,(H,20,22). The third kappa shape index (κ3) is 5.07. The van der Waals surface area contributed by atoms with Crippen molar-refractivity contribution in [2.24, 2.45) is 0 Å². The molecule has 0 spiro atoms. The molecule has 0 aliphatic heterocycles. The number of methoxy groups -OCH3 is 1. The van der Waals surface area contributed by atoms with Crippen LogP contribution in [0.15, 0.2) is 55.1 Å². The Morgan fingerprint density at radius 2 is 2.00 bits per heavy atom. The number of nitro benzene ring substituents is 1. The molecule has 1 N–H and O–H groups in total. The highest BCUT2D eigenvalue weighted by molar-refractivity contribution is 5.77. The lowest BCUT2D eigenvalue weighted by atomic mass is 10.1. The van der Waals surface area contributed by atoms with Crippen LogP contribution >= 0.6 is 0 Å².